The first kappa shape index (κ1) is 27.6. The largest absolute Gasteiger partial charge is 0.465 e. The predicted octanol–water partition coefficient (Wildman–Crippen LogP) is 5.18. The lowest BCUT2D eigenvalue weighted by atomic mass is 10.1. The van der Waals surface area contributed by atoms with Gasteiger partial charge in [-0.15, -0.1) is 0 Å². The quantitative estimate of drug-likeness (QED) is 0.341. The molecule has 2 N–H and O–H groups in total. The van der Waals surface area contributed by atoms with Crippen molar-refractivity contribution in [2.24, 2.45) is 0 Å². The van der Waals surface area contributed by atoms with Crippen molar-refractivity contribution in [1.29, 1.82) is 0 Å². The molecule has 0 fully saturated rings. The first-order valence-corrected chi connectivity index (χ1v) is 12.0. The van der Waals surface area contributed by atoms with Gasteiger partial charge in [0.15, 0.2) is 10.6 Å². The van der Waals surface area contributed by atoms with E-state index in [0.29, 0.717) is 38.3 Å². The van der Waals surface area contributed by atoms with Crippen molar-refractivity contribution in [1.82, 2.24) is 15.4 Å². The number of alkyl halides is 2. The number of amides is 3. The zero-order valence-corrected chi connectivity index (χ0v) is 21.8. The minimum absolute atomic E-state index is 0.0254. The second-order valence-electron chi connectivity index (χ2n) is 7.50. The first-order chi connectivity index (χ1) is 17.1. The molecule has 0 aliphatic heterocycles. The van der Waals surface area contributed by atoms with Crippen LogP contribution >= 0.6 is 46.4 Å². The number of anilines is 1. The molecule has 9 nitrogen and oxygen atoms in total. The van der Waals surface area contributed by atoms with Gasteiger partial charge in [-0.1, -0.05) is 69.8 Å². The van der Waals surface area contributed by atoms with Gasteiger partial charge < -0.3 is 24.7 Å². The molecule has 3 aromatic rings. The van der Waals surface area contributed by atoms with Crippen LogP contribution in [0.25, 0.3) is 22.6 Å². The molecule has 2 aromatic carbocycles. The highest BCUT2D eigenvalue weighted by molar-refractivity contribution is 6.54. The summed E-state index contributed by atoms with van der Waals surface area (Å²) >= 11 is 24.2. The molecule has 0 atom stereocenters. The van der Waals surface area contributed by atoms with E-state index in [0.717, 1.165) is 4.90 Å². The molecule has 0 spiro atoms. The maximum atomic E-state index is 12.7. The van der Waals surface area contributed by atoms with Gasteiger partial charge in [-0.3, -0.25) is 9.59 Å². The summed E-state index contributed by atoms with van der Waals surface area (Å²) in [5, 5.41) is 16.3. The number of benzene rings is 2. The van der Waals surface area contributed by atoms with Gasteiger partial charge >= 0.3 is 6.09 Å². The van der Waals surface area contributed by atoms with Crippen LogP contribution in [0, 0.1) is 0 Å². The number of nitrogens with one attached hydrogen (secondary N) is 1. The number of carboxylic acid groups (broad SMARTS) is 1. The Bertz CT molecular complexity index is 1250. The van der Waals surface area contributed by atoms with Gasteiger partial charge in [0.2, 0.25) is 5.91 Å². The molecule has 0 saturated carbocycles. The molecular weight excluding hydrogens is 554 g/mol. The third-order valence-corrected chi connectivity index (χ3v) is 5.99. The van der Waals surface area contributed by atoms with Crippen molar-refractivity contribution in [3.05, 3.63) is 58.6 Å². The van der Waals surface area contributed by atoms with Crippen LogP contribution in [0.3, 0.4) is 0 Å². The molecular formula is C23H20Cl4N4O5. The smallest absolute Gasteiger partial charge is 0.407 e. The normalized spacial score (nSPS) is 10.8. The third kappa shape index (κ3) is 6.82. The summed E-state index contributed by atoms with van der Waals surface area (Å²) in [6, 6.07) is 13.6. The highest BCUT2D eigenvalue weighted by atomic mass is 35.5. The highest BCUT2D eigenvalue weighted by Gasteiger charge is 2.23. The van der Waals surface area contributed by atoms with Gasteiger partial charge in [-0.05, 0) is 24.3 Å². The average molecular weight is 574 g/mol. The van der Waals surface area contributed by atoms with Crippen molar-refractivity contribution in [3.63, 3.8) is 0 Å². The van der Waals surface area contributed by atoms with Crippen LogP contribution in [0.1, 0.15) is 0 Å². The maximum absolute atomic E-state index is 12.7. The molecule has 190 valence electrons. The summed E-state index contributed by atoms with van der Waals surface area (Å²) in [5.41, 5.74) is 2.00. The van der Waals surface area contributed by atoms with Crippen molar-refractivity contribution in [3.8, 4) is 22.6 Å². The van der Waals surface area contributed by atoms with Gasteiger partial charge in [0.05, 0.1) is 10.0 Å². The zero-order valence-electron chi connectivity index (χ0n) is 18.8. The Morgan fingerprint density at radius 2 is 1.75 bits per heavy atom. The van der Waals surface area contributed by atoms with E-state index >= 15 is 0 Å². The van der Waals surface area contributed by atoms with Gasteiger partial charge in [0.25, 0.3) is 5.91 Å². The van der Waals surface area contributed by atoms with E-state index < -0.39 is 22.7 Å². The molecule has 0 saturated heterocycles. The Morgan fingerprint density at radius 1 is 1.08 bits per heavy atom. The van der Waals surface area contributed by atoms with Gasteiger partial charge in [-0.25, -0.2) is 4.79 Å². The van der Waals surface area contributed by atoms with Crippen LogP contribution in [0.5, 0.6) is 0 Å². The number of carbonyl (C=O) groups excluding carboxylic acids is 2. The summed E-state index contributed by atoms with van der Waals surface area (Å²) in [6.45, 7) is -0.298. The predicted molar refractivity (Wildman–Crippen MR) is 139 cm³/mol. The second kappa shape index (κ2) is 12.3. The summed E-state index contributed by atoms with van der Waals surface area (Å²) in [5.74, 6) is -0.733. The third-order valence-electron chi connectivity index (χ3n) is 4.99. The van der Waals surface area contributed by atoms with Gasteiger partial charge in [-0.2, -0.15) is 0 Å². The lowest BCUT2D eigenvalue weighted by Crippen LogP contribution is -2.43. The molecule has 0 bridgehead atoms. The Morgan fingerprint density at radius 3 is 2.39 bits per heavy atom. The molecule has 0 radical (unpaired) electrons. The fourth-order valence-corrected chi connectivity index (χ4v) is 4.06. The van der Waals surface area contributed by atoms with E-state index in [1.54, 1.807) is 48.5 Å². The fraction of sp³-hybridized carbons (Fsp3) is 0.217. The number of nitrogens with zero attached hydrogens (tertiary/aromatic N) is 3. The number of hydrogen-bond acceptors (Lipinski definition) is 5. The van der Waals surface area contributed by atoms with Crippen LogP contribution in [0.15, 0.2) is 53.1 Å². The number of halogens is 4. The summed E-state index contributed by atoms with van der Waals surface area (Å²) in [4.78, 5) is 36.3. The minimum atomic E-state index is -1.35. The van der Waals surface area contributed by atoms with Crippen LogP contribution < -0.4 is 10.2 Å². The zero-order chi connectivity index (χ0) is 26.4. The average Bonchev–Trinajstić information content (AvgIpc) is 3.31. The van der Waals surface area contributed by atoms with E-state index in [9.17, 15) is 14.4 Å². The van der Waals surface area contributed by atoms with E-state index in [2.05, 4.69) is 10.5 Å². The maximum Gasteiger partial charge on any atom is 0.407 e. The van der Waals surface area contributed by atoms with Crippen LogP contribution in [0.2, 0.25) is 10.0 Å². The topological polar surface area (TPSA) is 116 Å². The number of hydrogen-bond donors (Lipinski definition) is 2. The fourth-order valence-electron chi connectivity index (χ4n) is 3.23. The minimum Gasteiger partial charge on any atom is -0.465 e. The summed E-state index contributed by atoms with van der Waals surface area (Å²) in [6.07, 6.45) is -1.24. The van der Waals surface area contributed by atoms with Gasteiger partial charge in [0.1, 0.15) is 12.2 Å². The van der Waals surface area contributed by atoms with Crippen molar-refractivity contribution in [2.45, 2.75) is 4.84 Å². The molecule has 3 amide bonds. The van der Waals surface area contributed by atoms with Crippen LogP contribution in [0.4, 0.5) is 10.5 Å². The number of carbonyl (C=O) groups is 3. The molecule has 1 heterocycles. The first-order valence-electron chi connectivity index (χ1n) is 10.4. The Balaban J connectivity index is 1.80. The molecule has 0 aliphatic rings. The van der Waals surface area contributed by atoms with Crippen molar-refractivity contribution in [2.75, 3.05) is 31.6 Å². The second-order valence-corrected chi connectivity index (χ2v) is 9.41. The monoisotopic (exact) mass is 572 g/mol. The van der Waals surface area contributed by atoms with E-state index in [4.69, 9.17) is 56.0 Å². The standard InChI is InChI=1S/C23H20Cl4N4O5/c1-30(23(34)35)12-19(32)28-8-9-31(22(33)21(26)27)14-5-2-4-13(10-14)18-11-17(29-36-18)20-15(24)6-3-7-16(20)25/h2-7,10-11,21H,8-9,12H2,1H3,(H,28,32)(H,34,35). The highest BCUT2D eigenvalue weighted by Crippen LogP contribution is 2.36. The Hall–Kier alpha value is -2.98. The molecule has 1 aromatic heterocycles. The Kier molecular flexibility index (Phi) is 9.44. The molecule has 0 unspecified atom stereocenters. The number of likely N-dealkylation sites (N-methyl/N-ethyl adjacent to an activating group) is 1. The van der Waals surface area contributed by atoms with Gasteiger partial charge in [0, 0.05) is 43.0 Å². The van der Waals surface area contributed by atoms with Crippen molar-refractivity contribution < 1.29 is 24.0 Å². The molecule has 0 aliphatic carbocycles. The lowest BCUT2D eigenvalue weighted by Gasteiger charge is -2.24. The molecule has 3 rings (SSSR count). The Labute approximate surface area is 226 Å². The summed E-state index contributed by atoms with van der Waals surface area (Å²) in [7, 11) is 1.27. The van der Waals surface area contributed by atoms with E-state index in [-0.39, 0.29) is 19.6 Å². The number of rotatable bonds is 9. The molecule has 13 heteroatoms. The lowest BCUT2D eigenvalue weighted by molar-refractivity contribution is -0.122. The van der Waals surface area contributed by atoms with Crippen LogP contribution in [-0.2, 0) is 9.59 Å². The SMILES string of the molecule is CN(CC(=O)NCCN(C(=O)C(Cl)Cl)c1cccc(-c2cc(-c3c(Cl)cccc3Cl)no2)c1)C(=O)O. The molecule has 36 heavy (non-hydrogen) atoms. The number of aromatic nitrogens is 1. The van der Waals surface area contributed by atoms with E-state index in [1.165, 1.54) is 11.9 Å². The summed E-state index contributed by atoms with van der Waals surface area (Å²) < 4.78 is 5.49. The van der Waals surface area contributed by atoms with Crippen LogP contribution in [-0.4, -0.2) is 64.6 Å². The van der Waals surface area contributed by atoms with Crippen molar-refractivity contribution >= 4 is 70.0 Å². The van der Waals surface area contributed by atoms with E-state index in [1.807, 2.05) is 0 Å².